The van der Waals surface area contributed by atoms with Gasteiger partial charge in [-0.3, -0.25) is 9.59 Å². The van der Waals surface area contributed by atoms with Crippen molar-refractivity contribution in [3.05, 3.63) is 49.8 Å². The Labute approximate surface area is 171 Å². The van der Waals surface area contributed by atoms with Crippen LogP contribution in [-0.4, -0.2) is 38.0 Å². The summed E-state index contributed by atoms with van der Waals surface area (Å²) in [6.07, 6.45) is 3.06. The van der Waals surface area contributed by atoms with Crippen molar-refractivity contribution < 1.29 is 14.7 Å². The van der Waals surface area contributed by atoms with Crippen molar-refractivity contribution >= 4 is 34.2 Å². The molecule has 0 fully saturated rings. The number of nitrogens with zero attached hydrogens (tertiary/aromatic N) is 1. The standard InChI is InChI=1S/C20H24N4O4S/c1-10-22-16-14(18(26)23-10)11(9-21-16)5-6-12-7-8-13(29-12)17(25)24-15(19(27)28)20(2,3)4/h7-9,15H,5-6H2,1-4H3,(H,24,25)(H,27,28)(H2,21,22,23,26). The SMILES string of the molecule is Cc1nc2[nH]cc(CCc3ccc(C(=O)NC(C(=O)O)C(C)(C)C)s3)c2c(=O)[nH]1. The predicted molar refractivity (Wildman–Crippen MR) is 112 cm³/mol. The highest BCUT2D eigenvalue weighted by atomic mass is 32.1. The fraction of sp³-hybridized carbons (Fsp3) is 0.400. The number of carboxylic acids is 1. The van der Waals surface area contributed by atoms with Crippen LogP contribution in [0.3, 0.4) is 0 Å². The Morgan fingerprint density at radius 1 is 1.28 bits per heavy atom. The first-order valence-electron chi connectivity index (χ1n) is 9.25. The highest BCUT2D eigenvalue weighted by Crippen LogP contribution is 2.23. The Morgan fingerprint density at radius 3 is 2.66 bits per heavy atom. The van der Waals surface area contributed by atoms with E-state index in [0.29, 0.717) is 34.6 Å². The number of carbonyl (C=O) groups is 2. The van der Waals surface area contributed by atoms with Gasteiger partial charge >= 0.3 is 5.97 Å². The Balaban J connectivity index is 1.70. The molecule has 0 bridgehead atoms. The van der Waals surface area contributed by atoms with E-state index in [1.54, 1.807) is 40.0 Å². The van der Waals surface area contributed by atoms with Crippen LogP contribution in [0.2, 0.25) is 0 Å². The van der Waals surface area contributed by atoms with E-state index in [2.05, 4.69) is 20.3 Å². The van der Waals surface area contributed by atoms with Crippen molar-refractivity contribution in [2.24, 2.45) is 5.41 Å². The van der Waals surface area contributed by atoms with Crippen LogP contribution in [-0.2, 0) is 17.6 Å². The van der Waals surface area contributed by atoms with Gasteiger partial charge in [-0.15, -0.1) is 11.3 Å². The summed E-state index contributed by atoms with van der Waals surface area (Å²) < 4.78 is 0. The zero-order chi connectivity index (χ0) is 21.3. The highest BCUT2D eigenvalue weighted by Gasteiger charge is 2.33. The Bertz CT molecular complexity index is 1120. The minimum atomic E-state index is -1.06. The second kappa shape index (κ2) is 7.82. The summed E-state index contributed by atoms with van der Waals surface area (Å²) in [5, 5.41) is 12.5. The number of hydrogen-bond donors (Lipinski definition) is 4. The number of hydrogen-bond acceptors (Lipinski definition) is 5. The summed E-state index contributed by atoms with van der Waals surface area (Å²) in [4.78, 5) is 47.6. The molecule has 29 heavy (non-hydrogen) atoms. The zero-order valence-corrected chi connectivity index (χ0v) is 17.6. The first-order valence-corrected chi connectivity index (χ1v) is 10.1. The number of H-pyrrole nitrogens is 2. The van der Waals surface area contributed by atoms with Gasteiger partial charge in [0, 0.05) is 11.1 Å². The summed E-state index contributed by atoms with van der Waals surface area (Å²) in [5.74, 6) is -0.900. The number of rotatable bonds is 6. The molecule has 0 saturated heterocycles. The van der Waals surface area contributed by atoms with Gasteiger partial charge in [0.05, 0.1) is 10.3 Å². The van der Waals surface area contributed by atoms with E-state index >= 15 is 0 Å². The van der Waals surface area contributed by atoms with Crippen LogP contribution in [0, 0.1) is 12.3 Å². The van der Waals surface area contributed by atoms with E-state index in [9.17, 15) is 19.5 Å². The Hall–Kier alpha value is -2.94. The number of nitrogens with one attached hydrogen (secondary N) is 3. The largest absolute Gasteiger partial charge is 0.480 e. The molecule has 0 aliphatic rings. The van der Waals surface area contributed by atoms with Crippen molar-refractivity contribution in [2.45, 2.75) is 46.6 Å². The average Bonchev–Trinajstić information content (AvgIpc) is 3.23. The van der Waals surface area contributed by atoms with E-state index < -0.39 is 23.3 Å². The predicted octanol–water partition coefficient (Wildman–Crippen LogP) is 2.64. The number of amides is 1. The maximum atomic E-state index is 12.5. The summed E-state index contributed by atoms with van der Waals surface area (Å²) >= 11 is 1.32. The van der Waals surface area contributed by atoms with Crippen LogP contribution in [0.1, 0.15) is 46.7 Å². The van der Waals surface area contributed by atoms with Crippen LogP contribution in [0.15, 0.2) is 23.1 Å². The van der Waals surface area contributed by atoms with E-state index in [0.717, 1.165) is 10.4 Å². The van der Waals surface area contributed by atoms with Gasteiger partial charge in [0.1, 0.15) is 17.5 Å². The van der Waals surface area contributed by atoms with Gasteiger partial charge in [-0.1, -0.05) is 20.8 Å². The number of aromatic amines is 2. The van der Waals surface area contributed by atoms with E-state index in [-0.39, 0.29) is 5.56 Å². The number of carbonyl (C=O) groups excluding carboxylic acids is 1. The molecule has 0 spiro atoms. The minimum Gasteiger partial charge on any atom is -0.480 e. The minimum absolute atomic E-state index is 0.170. The number of aromatic nitrogens is 3. The third kappa shape index (κ3) is 4.56. The summed E-state index contributed by atoms with van der Waals surface area (Å²) in [6.45, 7) is 7.04. The van der Waals surface area contributed by atoms with Crippen LogP contribution < -0.4 is 10.9 Å². The lowest BCUT2D eigenvalue weighted by Gasteiger charge is -2.27. The van der Waals surface area contributed by atoms with Crippen LogP contribution in [0.4, 0.5) is 0 Å². The van der Waals surface area contributed by atoms with E-state index in [1.807, 2.05) is 6.07 Å². The quantitative estimate of drug-likeness (QED) is 0.491. The molecular weight excluding hydrogens is 392 g/mol. The first-order chi connectivity index (χ1) is 13.6. The fourth-order valence-electron chi connectivity index (χ4n) is 3.16. The molecule has 0 aliphatic carbocycles. The van der Waals surface area contributed by atoms with Gasteiger partial charge in [0.15, 0.2) is 0 Å². The lowest BCUT2D eigenvalue weighted by molar-refractivity contribution is -0.142. The van der Waals surface area contributed by atoms with Gasteiger partial charge in [-0.2, -0.15) is 0 Å². The smallest absolute Gasteiger partial charge is 0.326 e. The number of thiophene rings is 1. The lowest BCUT2D eigenvalue weighted by Crippen LogP contribution is -2.48. The second-order valence-corrected chi connectivity index (χ2v) is 9.23. The Kier molecular flexibility index (Phi) is 5.61. The maximum absolute atomic E-state index is 12.5. The first kappa shape index (κ1) is 20.8. The molecule has 154 valence electrons. The Morgan fingerprint density at radius 2 is 2.00 bits per heavy atom. The number of aryl methyl sites for hydroxylation is 3. The molecule has 0 radical (unpaired) electrons. The molecule has 9 heteroatoms. The molecular formula is C20H24N4O4S. The molecule has 3 rings (SSSR count). The third-order valence-corrected chi connectivity index (χ3v) is 5.80. The third-order valence-electron chi connectivity index (χ3n) is 4.66. The van der Waals surface area contributed by atoms with Crippen LogP contribution in [0.25, 0.3) is 11.0 Å². The molecule has 3 aromatic heterocycles. The summed E-state index contributed by atoms with van der Waals surface area (Å²) in [6, 6.07) is 2.58. The van der Waals surface area contributed by atoms with Crippen molar-refractivity contribution in [3.63, 3.8) is 0 Å². The number of fused-ring (bicyclic) bond motifs is 1. The zero-order valence-electron chi connectivity index (χ0n) is 16.8. The van der Waals surface area contributed by atoms with Crippen molar-refractivity contribution in [1.82, 2.24) is 20.3 Å². The lowest BCUT2D eigenvalue weighted by atomic mass is 9.87. The van der Waals surface area contributed by atoms with Gasteiger partial charge in [-0.25, -0.2) is 9.78 Å². The molecule has 3 aromatic rings. The van der Waals surface area contributed by atoms with Crippen molar-refractivity contribution in [2.75, 3.05) is 0 Å². The topological polar surface area (TPSA) is 128 Å². The highest BCUT2D eigenvalue weighted by molar-refractivity contribution is 7.14. The normalized spacial score (nSPS) is 12.8. The second-order valence-electron chi connectivity index (χ2n) is 8.07. The molecule has 0 aliphatic heterocycles. The number of aliphatic carboxylic acids is 1. The molecule has 1 atom stereocenters. The number of carboxylic acid groups (broad SMARTS) is 1. The van der Waals surface area contributed by atoms with Crippen molar-refractivity contribution in [3.8, 4) is 0 Å². The maximum Gasteiger partial charge on any atom is 0.326 e. The molecule has 0 aromatic carbocycles. The molecule has 4 N–H and O–H groups in total. The fourth-order valence-corrected chi connectivity index (χ4v) is 4.07. The van der Waals surface area contributed by atoms with Crippen LogP contribution in [0.5, 0.6) is 0 Å². The molecule has 1 amide bonds. The molecule has 1 unspecified atom stereocenters. The monoisotopic (exact) mass is 416 g/mol. The molecule has 8 nitrogen and oxygen atoms in total. The van der Waals surface area contributed by atoms with Gasteiger partial charge < -0.3 is 20.4 Å². The van der Waals surface area contributed by atoms with Crippen LogP contribution >= 0.6 is 11.3 Å². The van der Waals surface area contributed by atoms with Gasteiger partial charge in [-0.05, 0) is 42.9 Å². The van der Waals surface area contributed by atoms with Gasteiger partial charge in [0.2, 0.25) is 0 Å². The average molecular weight is 417 g/mol. The van der Waals surface area contributed by atoms with E-state index in [4.69, 9.17) is 0 Å². The molecule has 3 heterocycles. The summed E-state index contributed by atoms with van der Waals surface area (Å²) in [7, 11) is 0. The summed E-state index contributed by atoms with van der Waals surface area (Å²) in [5.41, 5.74) is 0.661. The van der Waals surface area contributed by atoms with E-state index in [1.165, 1.54) is 11.3 Å². The van der Waals surface area contributed by atoms with Gasteiger partial charge in [0.25, 0.3) is 11.5 Å². The van der Waals surface area contributed by atoms with Crippen molar-refractivity contribution in [1.29, 1.82) is 0 Å². The molecule has 0 saturated carbocycles.